The summed E-state index contributed by atoms with van der Waals surface area (Å²) in [7, 11) is 0. The zero-order chi connectivity index (χ0) is 14.8. The summed E-state index contributed by atoms with van der Waals surface area (Å²) in [5, 5.41) is 1.24. The van der Waals surface area contributed by atoms with E-state index in [1.54, 1.807) is 0 Å². The second-order valence-corrected chi connectivity index (χ2v) is 5.01. The van der Waals surface area contributed by atoms with Crippen molar-refractivity contribution in [2.45, 2.75) is 13.5 Å². The van der Waals surface area contributed by atoms with Gasteiger partial charge in [-0.05, 0) is 31.2 Å². The molecule has 2 aromatic carbocycles. The number of hydrogen-bond donors (Lipinski definition) is 0. The highest BCUT2D eigenvalue weighted by Crippen LogP contribution is 2.25. The first-order chi connectivity index (χ1) is 10.1. The molecule has 5 heteroatoms. The van der Waals surface area contributed by atoms with Crippen LogP contribution < -0.4 is 4.74 Å². The monoisotopic (exact) mass is 302 g/mol. The van der Waals surface area contributed by atoms with E-state index in [4.69, 9.17) is 16.3 Å². The molecule has 0 saturated carbocycles. The van der Waals surface area contributed by atoms with Crippen molar-refractivity contribution in [2.75, 3.05) is 0 Å². The third kappa shape index (κ3) is 2.95. The SMILES string of the molecule is Cc1nc(COc2ccc(F)cc2Cl)nc2ccccc12. The maximum atomic E-state index is 13.0. The third-order valence-corrected chi connectivity index (χ3v) is 3.39. The van der Waals surface area contributed by atoms with Crippen molar-refractivity contribution >= 4 is 22.5 Å². The van der Waals surface area contributed by atoms with Crippen LogP contribution in [-0.2, 0) is 6.61 Å². The second-order valence-electron chi connectivity index (χ2n) is 4.61. The van der Waals surface area contributed by atoms with Crippen molar-refractivity contribution in [2.24, 2.45) is 0 Å². The Kier molecular flexibility index (Phi) is 3.71. The molecule has 0 fully saturated rings. The topological polar surface area (TPSA) is 35.0 Å². The smallest absolute Gasteiger partial charge is 0.166 e. The minimum atomic E-state index is -0.398. The molecule has 106 valence electrons. The normalized spacial score (nSPS) is 10.8. The Hall–Kier alpha value is -2.20. The fourth-order valence-electron chi connectivity index (χ4n) is 2.09. The van der Waals surface area contributed by atoms with Gasteiger partial charge >= 0.3 is 0 Å². The number of halogens is 2. The molecule has 1 aromatic heterocycles. The number of nitrogens with zero attached hydrogens (tertiary/aromatic N) is 2. The number of fused-ring (bicyclic) bond motifs is 1. The second kappa shape index (κ2) is 5.66. The molecule has 0 spiro atoms. The molecule has 21 heavy (non-hydrogen) atoms. The van der Waals surface area contributed by atoms with Crippen molar-refractivity contribution in [3.05, 3.63) is 64.8 Å². The van der Waals surface area contributed by atoms with Gasteiger partial charge in [0.1, 0.15) is 18.2 Å². The Morgan fingerprint density at radius 2 is 1.95 bits per heavy atom. The average molecular weight is 303 g/mol. The van der Waals surface area contributed by atoms with Crippen LogP contribution in [0.15, 0.2) is 42.5 Å². The largest absolute Gasteiger partial charge is 0.484 e. The van der Waals surface area contributed by atoms with Crippen LogP contribution in [0.4, 0.5) is 4.39 Å². The van der Waals surface area contributed by atoms with Crippen LogP contribution in [0.25, 0.3) is 10.9 Å². The van der Waals surface area contributed by atoms with Gasteiger partial charge in [0.05, 0.1) is 10.5 Å². The van der Waals surface area contributed by atoms with Gasteiger partial charge in [-0.3, -0.25) is 0 Å². The predicted octanol–water partition coefficient (Wildman–Crippen LogP) is 4.31. The molecule has 0 saturated heterocycles. The zero-order valence-corrected chi connectivity index (χ0v) is 12.1. The molecule has 0 aliphatic rings. The third-order valence-electron chi connectivity index (χ3n) is 3.09. The number of benzene rings is 2. The lowest BCUT2D eigenvalue weighted by atomic mass is 10.2. The van der Waals surface area contributed by atoms with Crippen molar-refractivity contribution in [1.29, 1.82) is 0 Å². The first-order valence-corrected chi connectivity index (χ1v) is 6.81. The highest BCUT2D eigenvalue weighted by atomic mass is 35.5. The Morgan fingerprint density at radius 1 is 1.14 bits per heavy atom. The van der Waals surface area contributed by atoms with Gasteiger partial charge in [-0.1, -0.05) is 29.8 Å². The molecule has 0 radical (unpaired) electrons. The summed E-state index contributed by atoms with van der Waals surface area (Å²) in [4.78, 5) is 8.86. The van der Waals surface area contributed by atoms with Crippen LogP contribution >= 0.6 is 11.6 Å². The summed E-state index contributed by atoms with van der Waals surface area (Å²) in [6.45, 7) is 2.11. The van der Waals surface area contributed by atoms with E-state index in [0.717, 1.165) is 16.6 Å². The van der Waals surface area contributed by atoms with Crippen molar-refractivity contribution in [1.82, 2.24) is 9.97 Å². The number of rotatable bonds is 3. The number of para-hydroxylation sites is 1. The fourth-order valence-corrected chi connectivity index (χ4v) is 2.32. The molecule has 0 unspecified atom stereocenters. The van der Waals surface area contributed by atoms with E-state index >= 15 is 0 Å². The summed E-state index contributed by atoms with van der Waals surface area (Å²) in [5.74, 6) is 0.573. The van der Waals surface area contributed by atoms with Crippen LogP contribution in [0.3, 0.4) is 0 Å². The van der Waals surface area contributed by atoms with Gasteiger partial charge < -0.3 is 4.74 Å². The van der Waals surface area contributed by atoms with Gasteiger partial charge in [0.25, 0.3) is 0 Å². The number of hydrogen-bond acceptors (Lipinski definition) is 3. The molecule has 0 bridgehead atoms. The van der Waals surface area contributed by atoms with Crippen LogP contribution in [-0.4, -0.2) is 9.97 Å². The molecule has 0 aliphatic carbocycles. The van der Waals surface area contributed by atoms with Gasteiger partial charge in [0, 0.05) is 11.1 Å². The molecule has 3 aromatic rings. The Morgan fingerprint density at radius 3 is 2.76 bits per heavy atom. The highest BCUT2D eigenvalue weighted by Gasteiger charge is 2.07. The summed E-state index contributed by atoms with van der Waals surface area (Å²) >= 11 is 5.92. The van der Waals surface area contributed by atoms with Crippen LogP contribution in [0.5, 0.6) is 5.75 Å². The quantitative estimate of drug-likeness (QED) is 0.723. The minimum absolute atomic E-state index is 0.178. The average Bonchev–Trinajstić information content (AvgIpc) is 2.46. The van der Waals surface area contributed by atoms with E-state index < -0.39 is 5.82 Å². The van der Waals surface area contributed by atoms with Gasteiger partial charge in [-0.25, -0.2) is 14.4 Å². The molecule has 0 N–H and O–H groups in total. The van der Waals surface area contributed by atoms with Gasteiger partial charge in [0.2, 0.25) is 0 Å². The van der Waals surface area contributed by atoms with Crippen molar-refractivity contribution in [3.8, 4) is 5.75 Å². The van der Waals surface area contributed by atoms with E-state index in [1.165, 1.54) is 18.2 Å². The number of aryl methyl sites for hydroxylation is 1. The summed E-state index contributed by atoms with van der Waals surface area (Å²) in [6.07, 6.45) is 0. The van der Waals surface area contributed by atoms with Gasteiger partial charge in [-0.15, -0.1) is 0 Å². The summed E-state index contributed by atoms with van der Waals surface area (Å²) in [5.41, 5.74) is 1.76. The first-order valence-electron chi connectivity index (χ1n) is 6.43. The fraction of sp³-hybridized carbons (Fsp3) is 0.125. The standard InChI is InChI=1S/C16H12ClFN2O/c1-10-12-4-2-3-5-14(12)20-16(19-10)9-21-15-7-6-11(18)8-13(15)17/h2-8H,9H2,1H3. The summed E-state index contributed by atoms with van der Waals surface area (Å²) < 4.78 is 18.5. The van der Waals surface area contributed by atoms with Crippen molar-refractivity contribution in [3.63, 3.8) is 0 Å². The van der Waals surface area contributed by atoms with Gasteiger partial charge in [0.15, 0.2) is 5.82 Å². The van der Waals surface area contributed by atoms with E-state index in [-0.39, 0.29) is 11.6 Å². The minimum Gasteiger partial charge on any atom is -0.484 e. The molecule has 0 amide bonds. The maximum Gasteiger partial charge on any atom is 0.166 e. The lowest BCUT2D eigenvalue weighted by Crippen LogP contribution is -2.03. The summed E-state index contributed by atoms with van der Waals surface area (Å²) in [6, 6.07) is 11.8. The molecule has 3 nitrogen and oxygen atoms in total. The lowest BCUT2D eigenvalue weighted by molar-refractivity contribution is 0.296. The zero-order valence-electron chi connectivity index (χ0n) is 11.3. The molecular weight excluding hydrogens is 291 g/mol. The first kappa shape index (κ1) is 13.8. The molecule has 3 rings (SSSR count). The van der Waals surface area contributed by atoms with E-state index in [1.807, 2.05) is 31.2 Å². The molecule has 0 aliphatic heterocycles. The predicted molar refractivity (Wildman–Crippen MR) is 80.0 cm³/mol. The van der Waals surface area contributed by atoms with Crippen molar-refractivity contribution < 1.29 is 9.13 Å². The van der Waals surface area contributed by atoms with E-state index in [2.05, 4.69) is 9.97 Å². The Balaban J connectivity index is 1.85. The van der Waals surface area contributed by atoms with Crippen LogP contribution in [0, 0.1) is 12.7 Å². The van der Waals surface area contributed by atoms with E-state index in [0.29, 0.717) is 11.6 Å². The lowest BCUT2D eigenvalue weighted by Gasteiger charge is -2.09. The number of ether oxygens (including phenoxy) is 1. The number of aromatic nitrogens is 2. The maximum absolute atomic E-state index is 13.0. The highest BCUT2D eigenvalue weighted by molar-refractivity contribution is 6.32. The Bertz CT molecular complexity index is 807. The van der Waals surface area contributed by atoms with Crippen LogP contribution in [0.2, 0.25) is 5.02 Å². The van der Waals surface area contributed by atoms with E-state index in [9.17, 15) is 4.39 Å². The van der Waals surface area contributed by atoms with Gasteiger partial charge in [-0.2, -0.15) is 0 Å². The Labute approximate surface area is 126 Å². The van der Waals surface area contributed by atoms with Crippen LogP contribution in [0.1, 0.15) is 11.5 Å². The molecular formula is C16H12ClFN2O. The molecule has 0 atom stereocenters. The molecule has 1 heterocycles.